The van der Waals surface area contributed by atoms with Gasteiger partial charge in [0.1, 0.15) is 0 Å². The molecule has 0 saturated carbocycles. The molecule has 0 aliphatic rings. The van der Waals surface area contributed by atoms with Crippen LogP contribution in [0.15, 0.2) is 23.0 Å². The van der Waals surface area contributed by atoms with E-state index in [2.05, 4.69) is 10.1 Å². The molecule has 0 spiro atoms. The quantitative estimate of drug-likeness (QED) is 0.846. The van der Waals surface area contributed by atoms with Gasteiger partial charge < -0.3 is 10.5 Å². The zero-order chi connectivity index (χ0) is 15.6. The Hall–Kier alpha value is -2.70. The van der Waals surface area contributed by atoms with Crippen molar-refractivity contribution in [1.29, 1.82) is 0 Å². The van der Waals surface area contributed by atoms with E-state index in [1.165, 1.54) is 0 Å². The molecule has 0 radical (unpaired) electrons. The first-order valence-corrected chi connectivity index (χ1v) is 6.45. The Labute approximate surface area is 121 Å². The summed E-state index contributed by atoms with van der Waals surface area (Å²) in [6, 6.07) is 5.57. The number of carbonyl (C=O) groups is 1. The van der Waals surface area contributed by atoms with E-state index >= 15 is 0 Å². The first-order chi connectivity index (χ1) is 9.93. The minimum atomic E-state index is -0.719. The van der Waals surface area contributed by atoms with Crippen molar-refractivity contribution in [2.45, 2.75) is 20.8 Å². The lowest BCUT2D eigenvalue weighted by Crippen LogP contribution is -2.29. The third-order valence-corrected chi connectivity index (χ3v) is 2.88. The van der Waals surface area contributed by atoms with E-state index in [0.717, 1.165) is 15.8 Å². The fourth-order valence-corrected chi connectivity index (χ4v) is 1.83. The van der Waals surface area contributed by atoms with E-state index in [0.29, 0.717) is 5.69 Å². The molecule has 7 heteroatoms. The molecule has 1 heterocycles. The lowest BCUT2D eigenvalue weighted by molar-refractivity contribution is 0.0509. The van der Waals surface area contributed by atoms with Gasteiger partial charge in [-0.2, -0.15) is 9.67 Å². The van der Waals surface area contributed by atoms with Crippen molar-refractivity contribution in [2.75, 3.05) is 12.3 Å². The van der Waals surface area contributed by atoms with Gasteiger partial charge in [0, 0.05) is 0 Å². The van der Waals surface area contributed by atoms with Crippen LogP contribution in [0.4, 0.5) is 5.82 Å². The second kappa shape index (κ2) is 5.74. The molecule has 0 aliphatic carbocycles. The fraction of sp³-hybridized carbons (Fsp3) is 0.286. The number of anilines is 1. The zero-order valence-electron chi connectivity index (χ0n) is 12.1. The van der Waals surface area contributed by atoms with Crippen molar-refractivity contribution in [3.05, 3.63) is 45.5 Å². The Balaban J connectivity index is 2.65. The van der Waals surface area contributed by atoms with E-state index in [1.807, 2.05) is 26.0 Å². The van der Waals surface area contributed by atoms with Gasteiger partial charge in [-0.3, -0.25) is 4.79 Å². The maximum Gasteiger partial charge on any atom is 0.378 e. The first kappa shape index (κ1) is 14.7. The Morgan fingerprint density at radius 2 is 2.10 bits per heavy atom. The number of nitrogen functional groups attached to an aromatic ring is 1. The van der Waals surface area contributed by atoms with Gasteiger partial charge in [0.05, 0.1) is 12.3 Å². The van der Waals surface area contributed by atoms with Crippen LogP contribution < -0.4 is 11.3 Å². The number of nitrogens with two attached hydrogens (primary N) is 1. The van der Waals surface area contributed by atoms with Crippen LogP contribution >= 0.6 is 0 Å². The Morgan fingerprint density at radius 1 is 1.38 bits per heavy atom. The van der Waals surface area contributed by atoms with E-state index in [1.54, 1.807) is 13.0 Å². The number of aromatic nitrogens is 3. The van der Waals surface area contributed by atoms with Gasteiger partial charge in [0.2, 0.25) is 0 Å². The predicted octanol–water partition coefficient (Wildman–Crippen LogP) is 1.00. The number of ether oxygens (including phenoxy) is 1. The van der Waals surface area contributed by atoms with Crippen molar-refractivity contribution < 1.29 is 9.53 Å². The molecule has 110 valence electrons. The van der Waals surface area contributed by atoms with Crippen LogP contribution in [0.3, 0.4) is 0 Å². The molecule has 0 aliphatic heterocycles. The smallest absolute Gasteiger partial charge is 0.378 e. The zero-order valence-corrected chi connectivity index (χ0v) is 12.1. The minimum Gasteiger partial charge on any atom is -0.460 e. The number of esters is 1. The molecule has 7 nitrogen and oxygen atoms in total. The number of hydrogen-bond acceptors (Lipinski definition) is 6. The van der Waals surface area contributed by atoms with Crippen LogP contribution in [-0.2, 0) is 4.74 Å². The van der Waals surface area contributed by atoms with E-state index in [-0.39, 0.29) is 18.2 Å². The molecule has 0 bridgehead atoms. The maximum absolute atomic E-state index is 12.1. The van der Waals surface area contributed by atoms with Gasteiger partial charge in [-0.15, -0.1) is 5.10 Å². The topological polar surface area (TPSA) is 100 Å². The number of carbonyl (C=O) groups excluding carboxylic acids is 1. The second-order valence-electron chi connectivity index (χ2n) is 4.55. The van der Waals surface area contributed by atoms with Crippen molar-refractivity contribution in [3.8, 4) is 5.69 Å². The average Bonchev–Trinajstić information content (AvgIpc) is 2.45. The highest BCUT2D eigenvalue weighted by Gasteiger charge is 2.17. The molecule has 2 rings (SSSR count). The highest BCUT2D eigenvalue weighted by atomic mass is 16.5. The monoisotopic (exact) mass is 288 g/mol. The lowest BCUT2D eigenvalue weighted by Gasteiger charge is -2.10. The van der Waals surface area contributed by atoms with Crippen LogP contribution in [0, 0.1) is 13.8 Å². The number of aryl methyl sites for hydroxylation is 2. The number of rotatable bonds is 3. The normalized spacial score (nSPS) is 10.4. The van der Waals surface area contributed by atoms with Crippen LogP contribution in [0.25, 0.3) is 5.69 Å². The van der Waals surface area contributed by atoms with Gasteiger partial charge in [0.15, 0.2) is 5.82 Å². The summed E-state index contributed by atoms with van der Waals surface area (Å²) in [5.41, 5.74) is 7.36. The first-order valence-electron chi connectivity index (χ1n) is 6.45. The molecule has 1 aromatic heterocycles. The summed E-state index contributed by atoms with van der Waals surface area (Å²) >= 11 is 0. The highest BCUT2D eigenvalue weighted by molar-refractivity contribution is 5.85. The molecule has 0 fully saturated rings. The van der Waals surface area contributed by atoms with Crippen LogP contribution in [0.2, 0.25) is 0 Å². The Bertz CT molecular complexity index is 752. The van der Waals surface area contributed by atoms with Gasteiger partial charge in [-0.1, -0.05) is 12.1 Å². The van der Waals surface area contributed by atoms with E-state index < -0.39 is 11.5 Å². The molecule has 0 saturated heterocycles. The van der Waals surface area contributed by atoms with E-state index in [9.17, 15) is 9.59 Å². The summed E-state index contributed by atoms with van der Waals surface area (Å²) in [5, 5.41) is 3.96. The molecule has 21 heavy (non-hydrogen) atoms. The van der Waals surface area contributed by atoms with Gasteiger partial charge in [-0.25, -0.2) is 4.79 Å². The van der Waals surface area contributed by atoms with Gasteiger partial charge in [0.25, 0.3) is 5.82 Å². The maximum atomic E-state index is 12.1. The molecule has 0 amide bonds. The SMILES string of the molecule is CCOC(=O)c1nc(N)c(=O)n(-c2cc(C)ccc2C)n1. The third-order valence-electron chi connectivity index (χ3n) is 2.88. The van der Waals surface area contributed by atoms with E-state index in [4.69, 9.17) is 10.5 Å². The summed E-state index contributed by atoms with van der Waals surface area (Å²) in [6.45, 7) is 5.58. The number of benzene rings is 1. The number of nitrogens with zero attached hydrogens (tertiary/aromatic N) is 3. The molecule has 1 aromatic carbocycles. The summed E-state index contributed by atoms with van der Waals surface area (Å²) in [7, 11) is 0. The van der Waals surface area contributed by atoms with Gasteiger partial charge in [-0.05, 0) is 38.0 Å². The number of hydrogen-bond donors (Lipinski definition) is 1. The lowest BCUT2D eigenvalue weighted by atomic mass is 10.1. The second-order valence-corrected chi connectivity index (χ2v) is 4.55. The fourth-order valence-electron chi connectivity index (χ4n) is 1.83. The molecule has 2 aromatic rings. The molecule has 0 atom stereocenters. The molecule has 0 unspecified atom stereocenters. The van der Waals surface area contributed by atoms with Crippen molar-refractivity contribution >= 4 is 11.8 Å². The summed E-state index contributed by atoms with van der Waals surface area (Å²) < 4.78 is 5.91. The molecule has 2 N–H and O–H groups in total. The standard InChI is InChI=1S/C14H16N4O3/c1-4-21-14(20)12-16-11(15)13(19)18(17-12)10-7-8(2)5-6-9(10)3/h5-7H,4H2,1-3H3,(H2,15,16,17). The van der Waals surface area contributed by atoms with Crippen molar-refractivity contribution in [2.24, 2.45) is 0 Å². The largest absolute Gasteiger partial charge is 0.460 e. The molecular weight excluding hydrogens is 272 g/mol. The summed E-state index contributed by atoms with van der Waals surface area (Å²) in [5.74, 6) is -1.26. The minimum absolute atomic E-state index is 0.185. The van der Waals surface area contributed by atoms with Crippen molar-refractivity contribution in [1.82, 2.24) is 14.8 Å². The molecular formula is C14H16N4O3. The van der Waals surface area contributed by atoms with Crippen LogP contribution in [-0.4, -0.2) is 27.3 Å². The van der Waals surface area contributed by atoms with Crippen LogP contribution in [0.5, 0.6) is 0 Å². The Kier molecular flexibility index (Phi) is 4.02. The summed E-state index contributed by atoms with van der Waals surface area (Å²) in [4.78, 5) is 27.5. The van der Waals surface area contributed by atoms with Gasteiger partial charge >= 0.3 is 11.5 Å². The van der Waals surface area contributed by atoms with Crippen molar-refractivity contribution in [3.63, 3.8) is 0 Å². The predicted molar refractivity (Wildman–Crippen MR) is 77.5 cm³/mol. The summed E-state index contributed by atoms with van der Waals surface area (Å²) in [6.07, 6.45) is 0. The highest BCUT2D eigenvalue weighted by Crippen LogP contribution is 2.13. The average molecular weight is 288 g/mol. The van der Waals surface area contributed by atoms with Crippen LogP contribution in [0.1, 0.15) is 28.7 Å². The third kappa shape index (κ3) is 2.91. The Morgan fingerprint density at radius 3 is 2.76 bits per heavy atom.